The minimum absolute atomic E-state index is 0.943. The molecule has 0 radical (unpaired) electrons. The molecule has 14 heavy (non-hydrogen) atoms. The quantitative estimate of drug-likeness (QED) is 0.769. The molecule has 2 aromatic rings. The summed E-state index contributed by atoms with van der Waals surface area (Å²) < 4.78 is 2.11. The molecule has 0 aliphatic carbocycles. The summed E-state index contributed by atoms with van der Waals surface area (Å²) in [4.78, 5) is 0. The fraction of sp³-hybridized carbons (Fsp3) is 0.182. The highest BCUT2D eigenvalue weighted by molar-refractivity contribution is 5.59. The molecule has 0 aliphatic rings. The summed E-state index contributed by atoms with van der Waals surface area (Å²) in [5, 5.41) is 7.12. The Labute approximate surface area is 83.1 Å². The summed E-state index contributed by atoms with van der Waals surface area (Å²) in [7, 11) is 2.03. The van der Waals surface area contributed by atoms with E-state index in [1.54, 1.807) is 6.08 Å². The second kappa shape index (κ2) is 3.18. The first kappa shape index (κ1) is 8.81. The van der Waals surface area contributed by atoms with E-state index in [1.807, 2.05) is 13.1 Å². The Morgan fingerprint density at radius 3 is 2.79 bits per heavy atom. The van der Waals surface area contributed by atoms with Crippen LogP contribution in [0.3, 0.4) is 0 Å². The number of nitrogens with one attached hydrogen (secondary N) is 1. The molecule has 0 bridgehead atoms. The number of rotatable bonds is 2. The lowest BCUT2D eigenvalue weighted by atomic mass is 10.3. The van der Waals surface area contributed by atoms with Crippen molar-refractivity contribution in [3.8, 4) is 11.4 Å². The average Bonchev–Trinajstić information content (AvgIpc) is 2.75. The molecular weight excluding hydrogens is 174 g/mol. The van der Waals surface area contributed by atoms with Crippen LogP contribution in [0.1, 0.15) is 11.4 Å². The number of aryl methyl sites for hydroxylation is 1. The maximum Gasteiger partial charge on any atom is 0.109 e. The van der Waals surface area contributed by atoms with Gasteiger partial charge in [-0.15, -0.1) is 0 Å². The Morgan fingerprint density at radius 2 is 2.29 bits per heavy atom. The molecule has 0 atom stereocenters. The molecule has 3 nitrogen and oxygen atoms in total. The van der Waals surface area contributed by atoms with Gasteiger partial charge in [0.15, 0.2) is 0 Å². The van der Waals surface area contributed by atoms with Crippen LogP contribution in [0.4, 0.5) is 0 Å². The molecule has 2 rings (SSSR count). The number of nitrogens with zero attached hydrogens (tertiary/aromatic N) is 2. The summed E-state index contributed by atoms with van der Waals surface area (Å²) in [6, 6.07) is 6.14. The van der Waals surface area contributed by atoms with E-state index in [9.17, 15) is 0 Å². The molecule has 0 unspecified atom stereocenters. The summed E-state index contributed by atoms with van der Waals surface area (Å²) >= 11 is 0. The second-order valence-corrected chi connectivity index (χ2v) is 3.33. The average molecular weight is 187 g/mol. The van der Waals surface area contributed by atoms with Crippen LogP contribution in [0.15, 0.2) is 24.8 Å². The molecule has 1 N–H and O–H groups in total. The lowest BCUT2D eigenvalue weighted by molar-refractivity contribution is 0.884. The molecule has 0 aromatic carbocycles. The van der Waals surface area contributed by atoms with Crippen LogP contribution in [0, 0.1) is 6.92 Å². The van der Waals surface area contributed by atoms with Crippen molar-refractivity contribution < 1.29 is 0 Å². The molecule has 0 saturated carbocycles. The van der Waals surface area contributed by atoms with Gasteiger partial charge in [-0.1, -0.05) is 6.58 Å². The van der Waals surface area contributed by atoms with Crippen molar-refractivity contribution in [2.75, 3.05) is 0 Å². The van der Waals surface area contributed by atoms with E-state index >= 15 is 0 Å². The second-order valence-electron chi connectivity index (χ2n) is 3.33. The van der Waals surface area contributed by atoms with Gasteiger partial charge in [-0.25, -0.2) is 0 Å². The third-order valence-electron chi connectivity index (χ3n) is 2.45. The lowest BCUT2D eigenvalue weighted by Gasteiger charge is -2.00. The summed E-state index contributed by atoms with van der Waals surface area (Å²) in [5.41, 5.74) is 4.24. The molecule has 2 heterocycles. The van der Waals surface area contributed by atoms with E-state index in [-0.39, 0.29) is 0 Å². The number of hydrogen-bond donors (Lipinski definition) is 1. The van der Waals surface area contributed by atoms with E-state index in [4.69, 9.17) is 0 Å². The van der Waals surface area contributed by atoms with Crippen molar-refractivity contribution in [1.29, 1.82) is 0 Å². The first-order chi connectivity index (χ1) is 6.72. The van der Waals surface area contributed by atoms with Crippen molar-refractivity contribution in [2.45, 2.75) is 6.92 Å². The molecule has 0 spiro atoms. The predicted molar refractivity (Wildman–Crippen MR) is 57.8 cm³/mol. The van der Waals surface area contributed by atoms with Gasteiger partial charge in [0.25, 0.3) is 0 Å². The molecule has 3 heteroatoms. The van der Waals surface area contributed by atoms with Gasteiger partial charge in [-0.3, -0.25) is 5.10 Å². The highest BCUT2D eigenvalue weighted by atomic mass is 15.1. The summed E-state index contributed by atoms with van der Waals surface area (Å²) in [6.45, 7) is 5.76. The van der Waals surface area contributed by atoms with Crippen molar-refractivity contribution >= 4 is 6.08 Å². The minimum atomic E-state index is 0.943. The zero-order valence-corrected chi connectivity index (χ0v) is 8.41. The van der Waals surface area contributed by atoms with Crippen LogP contribution < -0.4 is 0 Å². The zero-order valence-electron chi connectivity index (χ0n) is 8.41. The van der Waals surface area contributed by atoms with Crippen LogP contribution in [0.2, 0.25) is 0 Å². The zero-order chi connectivity index (χ0) is 10.1. The summed E-state index contributed by atoms with van der Waals surface area (Å²) in [5.74, 6) is 0. The number of aromatic nitrogens is 3. The molecule has 72 valence electrons. The van der Waals surface area contributed by atoms with E-state index in [2.05, 4.69) is 40.4 Å². The number of aromatic amines is 1. The SMILES string of the molecule is C=Cc1cc(-c2ccc(C)n2C)n[nH]1. The fourth-order valence-electron chi connectivity index (χ4n) is 1.44. The van der Waals surface area contributed by atoms with Gasteiger partial charge in [0.1, 0.15) is 5.69 Å². The molecule has 2 aromatic heterocycles. The smallest absolute Gasteiger partial charge is 0.109 e. The molecular formula is C11H13N3. The van der Waals surface area contributed by atoms with Crippen LogP contribution in [0.5, 0.6) is 0 Å². The van der Waals surface area contributed by atoms with Crippen molar-refractivity contribution in [3.63, 3.8) is 0 Å². The largest absolute Gasteiger partial charge is 0.347 e. The predicted octanol–water partition coefficient (Wildman–Crippen LogP) is 2.37. The van der Waals surface area contributed by atoms with Crippen molar-refractivity contribution in [1.82, 2.24) is 14.8 Å². The van der Waals surface area contributed by atoms with Gasteiger partial charge in [-0.05, 0) is 31.2 Å². The third-order valence-corrected chi connectivity index (χ3v) is 2.45. The van der Waals surface area contributed by atoms with Gasteiger partial charge in [0, 0.05) is 12.7 Å². The molecule has 0 aliphatic heterocycles. The van der Waals surface area contributed by atoms with Gasteiger partial charge >= 0.3 is 0 Å². The third kappa shape index (κ3) is 1.27. The van der Waals surface area contributed by atoms with Crippen LogP contribution in [0.25, 0.3) is 17.5 Å². The highest BCUT2D eigenvalue weighted by Crippen LogP contribution is 2.19. The number of H-pyrrole nitrogens is 1. The van der Waals surface area contributed by atoms with E-state index in [1.165, 1.54) is 5.69 Å². The Morgan fingerprint density at radius 1 is 1.50 bits per heavy atom. The molecule has 0 amide bonds. The van der Waals surface area contributed by atoms with E-state index in [0.29, 0.717) is 0 Å². The highest BCUT2D eigenvalue weighted by Gasteiger charge is 2.06. The van der Waals surface area contributed by atoms with Gasteiger partial charge in [-0.2, -0.15) is 5.10 Å². The molecule has 0 fully saturated rings. The minimum Gasteiger partial charge on any atom is -0.347 e. The number of hydrogen-bond acceptors (Lipinski definition) is 1. The lowest BCUT2D eigenvalue weighted by Crippen LogP contribution is -1.93. The maximum atomic E-state index is 4.21. The van der Waals surface area contributed by atoms with Crippen molar-refractivity contribution in [2.24, 2.45) is 7.05 Å². The molecule has 0 saturated heterocycles. The Bertz CT molecular complexity index is 463. The van der Waals surface area contributed by atoms with Crippen LogP contribution in [-0.4, -0.2) is 14.8 Å². The van der Waals surface area contributed by atoms with Crippen LogP contribution in [-0.2, 0) is 7.05 Å². The monoisotopic (exact) mass is 187 g/mol. The van der Waals surface area contributed by atoms with Gasteiger partial charge in [0.05, 0.1) is 11.4 Å². The summed E-state index contributed by atoms with van der Waals surface area (Å²) in [6.07, 6.45) is 1.76. The van der Waals surface area contributed by atoms with Gasteiger partial charge in [0.2, 0.25) is 0 Å². The van der Waals surface area contributed by atoms with E-state index < -0.39 is 0 Å². The van der Waals surface area contributed by atoms with Crippen molar-refractivity contribution in [3.05, 3.63) is 36.2 Å². The Balaban J connectivity index is 2.49. The Kier molecular flexibility index (Phi) is 2.00. The van der Waals surface area contributed by atoms with Crippen LogP contribution >= 0.6 is 0 Å². The Hall–Kier alpha value is -1.77. The standard InChI is InChI=1S/C11H13N3/c1-4-9-7-10(13-12-9)11-6-5-8(2)14(11)3/h4-7H,1H2,2-3H3,(H,12,13). The first-order valence-corrected chi connectivity index (χ1v) is 4.53. The van der Waals surface area contributed by atoms with Gasteiger partial charge < -0.3 is 4.57 Å². The topological polar surface area (TPSA) is 33.6 Å². The maximum absolute atomic E-state index is 4.21. The van der Waals surface area contributed by atoms with E-state index in [0.717, 1.165) is 17.1 Å². The normalized spacial score (nSPS) is 10.4. The fourth-order valence-corrected chi connectivity index (χ4v) is 1.44. The first-order valence-electron chi connectivity index (χ1n) is 4.53.